The number of para-hydroxylation sites is 1. The first-order valence-corrected chi connectivity index (χ1v) is 20.8. The highest BCUT2D eigenvalue weighted by molar-refractivity contribution is 7.87. The van der Waals surface area contributed by atoms with Crippen LogP contribution in [0.15, 0.2) is 49.1 Å². The Morgan fingerprint density at radius 3 is 2.51 bits per heavy atom. The Kier molecular flexibility index (Phi) is 12.0. The zero-order valence-corrected chi connectivity index (χ0v) is 34.3. The van der Waals surface area contributed by atoms with Crippen LogP contribution in [0.4, 0.5) is 4.79 Å². The Morgan fingerprint density at radius 1 is 1.09 bits per heavy atom. The maximum Gasteiger partial charge on any atom is 0.408 e. The molecular formula is C39H53N9O8S. The molecule has 18 heteroatoms. The van der Waals surface area contributed by atoms with Gasteiger partial charge in [0, 0.05) is 56.0 Å². The van der Waals surface area contributed by atoms with Gasteiger partial charge in [0.1, 0.15) is 41.2 Å². The van der Waals surface area contributed by atoms with Crippen molar-refractivity contribution in [2.45, 2.75) is 115 Å². The Hall–Kier alpha value is -5.10. The second kappa shape index (κ2) is 16.4. The molecule has 1 saturated carbocycles. The van der Waals surface area contributed by atoms with Gasteiger partial charge in [-0.1, -0.05) is 37.1 Å². The summed E-state index contributed by atoms with van der Waals surface area (Å²) in [5.74, 6) is -2.51. The summed E-state index contributed by atoms with van der Waals surface area (Å²) >= 11 is 0. The van der Waals surface area contributed by atoms with Crippen molar-refractivity contribution in [3.63, 3.8) is 0 Å². The highest BCUT2D eigenvalue weighted by Crippen LogP contribution is 2.46. The number of ether oxygens (including phenoxy) is 2. The number of carbonyl (C=O) groups excluding carboxylic acids is 4. The predicted octanol–water partition coefficient (Wildman–Crippen LogP) is 3.63. The number of alkyl carbamates (subject to hydrolysis) is 1. The van der Waals surface area contributed by atoms with Crippen molar-refractivity contribution in [3.05, 3.63) is 49.1 Å². The fourth-order valence-electron chi connectivity index (χ4n) is 7.41. The SMILES string of the molecule is CC(C)n1c(O[C@@H]2C[C@H]3C(=O)N[C@]4(C(=O)NS(=O)(=O)N(C)C)C[C@H]4C=CCCCCC[C@H](NC(=O)OC(C)(C)C)C(=O)N3C2)nc2c(-c3cncnc3)cccc21. The van der Waals surface area contributed by atoms with Crippen LogP contribution >= 0.6 is 0 Å². The lowest BCUT2D eigenvalue weighted by Gasteiger charge is -2.30. The third-order valence-electron chi connectivity index (χ3n) is 10.4. The first-order valence-electron chi connectivity index (χ1n) is 19.4. The molecule has 1 aliphatic carbocycles. The smallest absolute Gasteiger partial charge is 0.408 e. The lowest BCUT2D eigenvalue weighted by molar-refractivity contribution is -0.141. The molecule has 4 amide bonds. The average molecular weight is 808 g/mol. The minimum Gasteiger partial charge on any atom is -0.459 e. The van der Waals surface area contributed by atoms with Crippen LogP contribution in [0.2, 0.25) is 0 Å². The third-order valence-corrected chi connectivity index (χ3v) is 11.8. The van der Waals surface area contributed by atoms with Crippen LogP contribution in [0.3, 0.4) is 0 Å². The molecule has 6 rings (SSSR count). The number of hydrogen-bond acceptors (Lipinski definition) is 11. The van der Waals surface area contributed by atoms with Crippen LogP contribution in [0.25, 0.3) is 22.2 Å². The van der Waals surface area contributed by atoms with Gasteiger partial charge in [-0.2, -0.15) is 17.7 Å². The topological polar surface area (TPSA) is 207 Å². The summed E-state index contributed by atoms with van der Waals surface area (Å²) in [6.07, 6.45) is 10.4. The molecule has 57 heavy (non-hydrogen) atoms. The summed E-state index contributed by atoms with van der Waals surface area (Å²) in [5.41, 5.74) is 0.646. The molecule has 0 spiro atoms. The normalized spacial score (nSPS) is 24.6. The number of rotatable bonds is 8. The Balaban J connectivity index is 1.36. The van der Waals surface area contributed by atoms with Gasteiger partial charge >= 0.3 is 16.3 Å². The van der Waals surface area contributed by atoms with Gasteiger partial charge in [-0.25, -0.2) is 19.5 Å². The van der Waals surface area contributed by atoms with Crippen molar-refractivity contribution in [1.29, 1.82) is 0 Å². The van der Waals surface area contributed by atoms with Gasteiger partial charge in [-0.05, 0) is 66.4 Å². The maximum atomic E-state index is 14.6. The largest absolute Gasteiger partial charge is 0.459 e. The van der Waals surface area contributed by atoms with Gasteiger partial charge in [0.05, 0.1) is 12.1 Å². The second-order valence-electron chi connectivity index (χ2n) is 16.4. The van der Waals surface area contributed by atoms with Crippen molar-refractivity contribution >= 4 is 45.1 Å². The molecule has 3 N–H and O–H groups in total. The van der Waals surface area contributed by atoms with E-state index in [9.17, 15) is 27.6 Å². The predicted molar refractivity (Wildman–Crippen MR) is 211 cm³/mol. The number of hydrogen-bond donors (Lipinski definition) is 3. The van der Waals surface area contributed by atoms with Crippen molar-refractivity contribution in [2.24, 2.45) is 5.92 Å². The standard InChI is InChI=1S/C39H53N9O8S/c1-24(2)48-30-17-13-15-28(25-20-40-23-41-21-25)32(30)43-36(48)55-27-18-31-33(49)44-39(35(51)45-57(53,54)46(6)7)19-26(39)14-11-9-8-10-12-16-29(34(50)47(31)22-27)42-37(52)56-38(3,4)5/h11,13-15,17,20-21,23-24,26-27,29,31H,8-10,12,16,18-19,22H2,1-7H3,(H,42,52)(H,44,49)(H,45,51)/t26-,27-,29+,31+,39-/m1/s1. The van der Waals surface area contributed by atoms with Crippen molar-refractivity contribution in [3.8, 4) is 17.1 Å². The molecule has 2 aliphatic heterocycles. The van der Waals surface area contributed by atoms with Crippen LogP contribution in [0, 0.1) is 5.92 Å². The molecule has 4 heterocycles. The number of nitrogens with zero attached hydrogens (tertiary/aromatic N) is 6. The Morgan fingerprint density at radius 2 is 1.82 bits per heavy atom. The number of allylic oxidation sites excluding steroid dienone is 1. The molecule has 3 aliphatic rings. The van der Waals surface area contributed by atoms with E-state index in [1.807, 2.05) is 48.8 Å². The fraction of sp³-hybridized carbons (Fsp3) is 0.564. The molecule has 0 unspecified atom stereocenters. The van der Waals surface area contributed by atoms with Crippen LogP contribution in [-0.2, 0) is 29.3 Å². The number of carbonyl (C=O) groups is 4. The fourth-order valence-corrected chi connectivity index (χ4v) is 8.01. The molecule has 3 aromatic rings. The number of nitrogens with one attached hydrogen (secondary N) is 3. The van der Waals surface area contributed by atoms with E-state index in [4.69, 9.17) is 14.5 Å². The summed E-state index contributed by atoms with van der Waals surface area (Å²) in [6, 6.07) is 3.79. The first-order chi connectivity index (χ1) is 26.9. The van der Waals surface area contributed by atoms with Gasteiger partial charge in [0.15, 0.2) is 0 Å². The minimum atomic E-state index is -4.18. The average Bonchev–Trinajstić information content (AvgIpc) is 3.46. The molecule has 2 aromatic heterocycles. The van der Waals surface area contributed by atoms with Gasteiger partial charge < -0.3 is 25.0 Å². The summed E-state index contributed by atoms with van der Waals surface area (Å²) in [4.78, 5) is 70.5. The number of imidazole rings is 1. The van der Waals surface area contributed by atoms with E-state index in [-0.39, 0.29) is 31.4 Å². The molecule has 308 valence electrons. The number of benzene rings is 1. The molecular weight excluding hydrogens is 755 g/mol. The lowest BCUT2D eigenvalue weighted by Crippen LogP contribution is -2.58. The zero-order chi connectivity index (χ0) is 41.3. The van der Waals surface area contributed by atoms with E-state index < -0.39 is 69.3 Å². The summed E-state index contributed by atoms with van der Waals surface area (Å²) in [7, 11) is -1.60. The van der Waals surface area contributed by atoms with Gasteiger partial charge in [0.2, 0.25) is 11.8 Å². The van der Waals surface area contributed by atoms with E-state index in [2.05, 4.69) is 25.3 Å². The quantitative estimate of drug-likeness (QED) is 0.280. The molecule has 1 aromatic carbocycles. The van der Waals surface area contributed by atoms with Gasteiger partial charge in [0.25, 0.3) is 11.9 Å². The highest BCUT2D eigenvalue weighted by Gasteiger charge is 2.62. The summed E-state index contributed by atoms with van der Waals surface area (Å²) in [6.45, 7) is 9.13. The molecule has 0 radical (unpaired) electrons. The number of amides is 4. The Bertz CT molecular complexity index is 2130. The highest BCUT2D eigenvalue weighted by atomic mass is 32.2. The van der Waals surface area contributed by atoms with Crippen molar-refractivity contribution < 1.29 is 37.1 Å². The summed E-state index contributed by atoms with van der Waals surface area (Å²) < 4.78 is 42.6. The van der Waals surface area contributed by atoms with E-state index in [1.165, 1.54) is 25.3 Å². The molecule has 1 saturated heterocycles. The molecule has 0 bridgehead atoms. The first kappa shape index (κ1) is 41.5. The third kappa shape index (κ3) is 9.22. The Labute approximate surface area is 333 Å². The van der Waals surface area contributed by atoms with Crippen LogP contribution in [0.1, 0.15) is 85.6 Å². The van der Waals surface area contributed by atoms with Crippen molar-refractivity contribution in [2.75, 3.05) is 20.6 Å². The van der Waals surface area contributed by atoms with Crippen LogP contribution < -0.4 is 20.1 Å². The van der Waals surface area contributed by atoms with Crippen LogP contribution in [0.5, 0.6) is 6.01 Å². The molecule has 2 fully saturated rings. The summed E-state index contributed by atoms with van der Waals surface area (Å²) in [5, 5.41) is 5.61. The lowest BCUT2D eigenvalue weighted by atomic mass is 10.0. The monoisotopic (exact) mass is 807 g/mol. The minimum absolute atomic E-state index is 0.0195. The molecule has 17 nitrogen and oxygen atoms in total. The zero-order valence-electron chi connectivity index (χ0n) is 33.5. The molecule has 5 atom stereocenters. The van der Waals surface area contributed by atoms with Crippen LogP contribution in [-0.4, -0.2) is 111 Å². The van der Waals surface area contributed by atoms with Gasteiger partial charge in [-0.3, -0.25) is 19.0 Å². The van der Waals surface area contributed by atoms with E-state index in [1.54, 1.807) is 33.2 Å². The van der Waals surface area contributed by atoms with Gasteiger partial charge in [-0.15, -0.1) is 0 Å². The van der Waals surface area contributed by atoms with E-state index in [0.29, 0.717) is 24.8 Å². The second-order valence-corrected chi connectivity index (χ2v) is 18.3. The number of aromatic nitrogens is 4. The number of fused-ring (bicyclic) bond motifs is 3. The van der Waals surface area contributed by atoms with E-state index >= 15 is 0 Å². The maximum absolute atomic E-state index is 14.6. The van der Waals surface area contributed by atoms with E-state index in [0.717, 1.165) is 33.8 Å². The van der Waals surface area contributed by atoms with Crippen molar-refractivity contribution in [1.82, 2.24) is 44.1 Å².